The molecule has 0 radical (unpaired) electrons. The molecule has 19 heavy (non-hydrogen) atoms. The number of H-pyrrole nitrogens is 1. The summed E-state index contributed by atoms with van der Waals surface area (Å²) in [7, 11) is 0. The van der Waals surface area contributed by atoms with Gasteiger partial charge >= 0.3 is 0 Å². The van der Waals surface area contributed by atoms with Crippen LogP contribution < -0.4 is 0 Å². The van der Waals surface area contributed by atoms with E-state index in [1.54, 1.807) is 17.3 Å². The molecular weight excluding hydrogens is 247 g/mol. The van der Waals surface area contributed by atoms with Gasteiger partial charge in [-0.1, -0.05) is 6.92 Å². The standard InChI is InChI=1S/C13H21FN4O/c1-4-17-7-8-18(12(19)13(2,3)14)9-10(17)11-15-5-6-16-11/h5-6,10H,4,7-9H2,1-3H3,(H,15,16). The molecule has 1 aromatic heterocycles. The molecule has 2 rings (SSSR count). The van der Waals surface area contributed by atoms with Crippen LogP contribution in [0.4, 0.5) is 4.39 Å². The summed E-state index contributed by atoms with van der Waals surface area (Å²) in [5, 5.41) is 0. The summed E-state index contributed by atoms with van der Waals surface area (Å²) < 4.78 is 13.8. The summed E-state index contributed by atoms with van der Waals surface area (Å²) in [6.07, 6.45) is 3.46. The van der Waals surface area contributed by atoms with Crippen LogP contribution in [0.3, 0.4) is 0 Å². The van der Waals surface area contributed by atoms with Gasteiger partial charge in [-0.3, -0.25) is 9.69 Å². The molecule has 1 atom stereocenters. The number of nitrogens with zero attached hydrogens (tertiary/aromatic N) is 3. The number of imidazole rings is 1. The van der Waals surface area contributed by atoms with Crippen molar-refractivity contribution >= 4 is 5.91 Å². The Labute approximate surface area is 112 Å². The van der Waals surface area contributed by atoms with E-state index >= 15 is 0 Å². The molecule has 1 fully saturated rings. The molecule has 1 unspecified atom stereocenters. The van der Waals surface area contributed by atoms with Crippen molar-refractivity contribution in [2.24, 2.45) is 0 Å². The van der Waals surface area contributed by atoms with E-state index in [4.69, 9.17) is 0 Å². The van der Waals surface area contributed by atoms with Gasteiger partial charge in [0.25, 0.3) is 5.91 Å². The minimum absolute atomic E-state index is 0.0139. The highest BCUT2D eigenvalue weighted by atomic mass is 19.1. The number of piperazine rings is 1. The maximum absolute atomic E-state index is 13.8. The molecule has 6 heteroatoms. The number of hydrogen-bond donors (Lipinski definition) is 1. The highest BCUT2D eigenvalue weighted by Crippen LogP contribution is 2.24. The highest BCUT2D eigenvalue weighted by Gasteiger charge is 2.37. The fourth-order valence-corrected chi connectivity index (χ4v) is 2.48. The summed E-state index contributed by atoms with van der Waals surface area (Å²) in [5.74, 6) is 0.385. The Morgan fingerprint density at radius 3 is 2.84 bits per heavy atom. The number of halogens is 1. The molecule has 1 aliphatic rings. The molecule has 5 nitrogen and oxygen atoms in total. The maximum Gasteiger partial charge on any atom is 0.259 e. The summed E-state index contributed by atoms with van der Waals surface area (Å²) in [4.78, 5) is 23.2. The summed E-state index contributed by atoms with van der Waals surface area (Å²) in [6, 6.07) is 0.0139. The Balaban J connectivity index is 2.15. The van der Waals surface area contributed by atoms with E-state index in [-0.39, 0.29) is 6.04 Å². The number of aromatic amines is 1. The third-order valence-corrected chi connectivity index (χ3v) is 3.53. The zero-order valence-corrected chi connectivity index (χ0v) is 11.7. The lowest BCUT2D eigenvalue weighted by Gasteiger charge is -2.41. The Morgan fingerprint density at radius 2 is 2.32 bits per heavy atom. The summed E-state index contributed by atoms with van der Waals surface area (Å²) >= 11 is 0. The first-order valence-corrected chi connectivity index (χ1v) is 6.65. The highest BCUT2D eigenvalue weighted by molar-refractivity contribution is 5.84. The third kappa shape index (κ3) is 2.94. The summed E-state index contributed by atoms with van der Waals surface area (Å²) in [5.41, 5.74) is -1.82. The predicted octanol–water partition coefficient (Wildman–Crippen LogP) is 1.36. The van der Waals surface area contributed by atoms with Crippen molar-refractivity contribution in [1.29, 1.82) is 0 Å². The van der Waals surface area contributed by atoms with Crippen molar-refractivity contribution in [3.05, 3.63) is 18.2 Å². The Bertz CT molecular complexity index is 426. The third-order valence-electron chi connectivity index (χ3n) is 3.53. The first-order valence-electron chi connectivity index (χ1n) is 6.65. The van der Waals surface area contributed by atoms with Crippen LogP contribution in [0.2, 0.25) is 0 Å². The molecule has 0 bridgehead atoms. The molecule has 2 heterocycles. The van der Waals surface area contributed by atoms with Crippen LogP contribution in [-0.2, 0) is 4.79 Å². The minimum atomic E-state index is -1.82. The number of amides is 1. The first-order chi connectivity index (χ1) is 8.93. The van der Waals surface area contributed by atoms with Crippen LogP contribution in [0, 0.1) is 0 Å². The van der Waals surface area contributed by atoms with E-state index in [1.807, 2.05) is 0 Å². The zero-order valence-electron chi connectivity index (χ0n) is 11.7. The smallest absolute Gasteiger partial charge is 0.259 e. The lowest BCUT2D eigenvalue weighted by molar-refractivity contribution is -0.145. The molecule has 1 aliphatic heterocycles. The molecule has 1 N–H and O–H groups in total. The van der Waals surface area contributed by atoms with E-state index in [2.05, 4.69) is 21.8 Å². The van der Waals surface area contributed by atoms with Gasteiger partial charge in [-0.15, -0.1) is 0 Å². The normalized spacial score (nSPS) is 21.7. The van der Waals surface area contributed by atoms with Gasteiger partial charge in [0.15, 0.2) is 5.67 Å². The molecule has 0 aromatic carbocycles. The average molecular weight is 268 g/mol. The van der Waals surface area contributed by atoms with Gasteiger partial charge in [-0.05, 0) is 20.4 Å². The van der Waals surface area contributed by atoms with E-state index < -0.39 is 11.6 Å². The number of hydrogen-bond acceptors (Lipinski definition) is 3. The monoisotopic (exact) mass is 268 g/mol. The van der Waals surface area contributed by atoms with Gasteiger partial charge < -0.3 is 9.88 Å². The van der Waals surface area contributed by atoms with Crippen molar-refractivity contribution in [3.63, 3.8) is 0 Å². The fourth-order valence-electron chi connectivity index (χ4n) is 2.48. The fraction of sp³-hybridized carbons (Fsp3) is 0.692. The van der Waals surface area contributed by atoms with E-state index in [0.29, 0.717) is 13.1 Å². The topological polar surface area (TPSA) is 52.2 Å². The van der Waals surface area contributed by atoms with Crippen LogP contribution in [0.5, 0.6) is 0 Å². The number of aromatic nitrogens is 2. The van der Waals surface area contributed by atoms with Crippen LogP contribution >= 0.6 is 0 Å². The van der Waals surface area contributed by atoms with Crippen LogP contribution in [0.15, 0.2) is 12.4 Å². The number of rotatable bonds is 3. The predicted molar refractivity (Wildman–Crippen MR) is 70.3 cm³/mol. The second kappa shape index (κ2) is 5.28. The molecular formula is C13H21FN4O. The molecule has 106 valence electrons. The molecule has 1 amide bonds. The van der Waals surface area contributed by atoms with Gasteiger partial charge in [-0.2, -0.15) is 0 Å². The number of carbonyl (C=O) groups excluding carboxylic acids is 1. The second-order valence-corrected chi connectivity index (χ2v) is 5.34. The number of alkyl halides is 1. The van der Waals surface area contributed by atoms with E-state index in [9.17, 15) is 9.18 Å². The van der Waals surface area contributed by atoms with Crippen molar-refractivity contribution in [2.75, 3.05) is 26.2 Å². The van der Waals surface area contributed by atoms with Crippen molar-refractivity contribution in [1.82, 2.24) is 19.8 Å². The first kappa shape index (κ1) is 14.0. The van der Waals surface area contributed by atoms with Crippen molar-refractivity contribution < 1.29 is 9.18 Å². The molecule has 0 spiro atoms. The second-order valence-electron chi connectivity index (χ2n) is 5.34. The van der Waals surface area contributed by atoms with Crippen LogP contribution in [-0.4, -0.2) is 57.5 Å². The number of likely N-dealkylation sites (N-methyl/N-ethyl adjacent to an activating group) is 1. The minimum Gasteiger partial charge on any atom is -0.347 e. The van der Waals surface area contributed by atoms with Crippen LogP contribution in [0.1, 0.15) is 32.6 Å². The Hall–Kier alpha value is -1.43. The molecule has 0 saturated carbocycles. The van der Waals surface area contributed by atoms with E-state index in [1.165, 1.54) is 13.8 Å². The Morgan fingerprint density at radius 1 is 1.58 bits per heavy atom. The van der Waals surface area contributed by atoms with Crippen molar-refractivity contribution in [3.8, 4) is 0 Å². The lowest BCUT2D eigenvalue weighted by Crippen LogP contribution is -2.54. The molecule has 0 aliphatic carbocycles. The Kier molecular flexibility index (Phi) is 3.89. The maximum atomic E-state index is 13.8. The van der Waals surface area contributed by atoms with Crippen molar-refractivity contribution in [2.45, 2.75) is 32.5 Å². The van der Waals surface area contributed by atoms with Gasteiger partial charge in [-0.25, -0.2) is 9.37 Å². The average Bonchev–Trinajstić information content (AvgIpc) is 2.89. The summed E-state index contributed by atoms with van der Waals surface area (Å²) in [6.45, 7) is 7.36. The lowest BCUT2D eigenvalue weighted by atomic mass is 10.1. The zero-order chi connectivity index (χ0) is 14.0. The number of nitrogens with one attached hydrogen (secondary N) is 1. The number of carbonyl (C=O) groups is 1. The van der Waals surface area contributed by atoms with Gasteiger partial charge in [0.1, 0.15) is 5.82 Å². The van der Waals surface area contributed by atoms with Gasteiger partial charge in [0.2, 0.25) is 0 Å². The SMILES string of the molecule is CCN1CCN(C(=O)C(C)(C)F)CC1c1ncc[nH]1. The quantitative estimate of drug-likeness (QED) is 0.900. The van der Waals surface area contributed by atoms with Gasteiger partial charge in [0.05, 0.1) is 6.04 Å². The molecule has 1 aromatic rings. The largest absolute Gasteiger partial charge is 0.347 e. The van der Waals surface area contributed by atoms with Crippen LogP contribution in [0.25, 0.3) is 0 Å². The van der Waals surface area contributed by atoms with E-state index in [0.717, 1.165) is 18.9 Å². The molecule has 1 saturated heterocycles. The van der Waals surface area contributed by atoms with Gasteiger partial charge in [0, 0.05) is 32.0 Å².